The normalized spacial score (nSPS) is 47.8. The Hall–Kier alpha value is -0.900. The maximum absolute atomic E-state index is 14.0. The summed E-state index contributed by atoms with van der Waals surface area (Å²) in [6.45, 7) is 9.42. The van der Waals surface area contributed by atoms with Crippen LogP contribution in [-0.4, -0.2) is 30.1 Å². The van der Waals surface area contributed by atoms with Crippen molar-refractivity contribution in [3.63, 3.8) is 0 Å². The Bertz CT molecular complexity index is 703. The number of hydrogen-bond acceptors (Lipinski definition) is 4. The summed E-state index contributed by atoms with van der Waals surface area (Å²) >= 11 is 0. The topological polar surface area (TPSA) is 63.6 Å². The number of esters is 1. The van der Waals surface area contributed by atoms with E-state index in [1.54, 1.807) is 0 Å². The average molecular weight is 433 g/mol. The van der Waals surface area contributed by atoms with Gasteiger partial charge in [0.25, 0.3) is 0 Å². The molecule has 0 aliphatic heterocycles. The second-order valence-corrected chi connectivity index (χ2v) is 12.0. The average Bonchev–Trinajstić information content (AvgIpc) is 3.10. The molecule has 10 atom stereocenters. The fourth-order valence-corrected chi connectivity index (χ4v) is 9.26. The van der Waals surface area contributed by atoms with E-state index in [0.717, 1.165) is 44.9 Å². The lowest BCUT2D eigenvalue weighted by molar-refractivity contribution is -0.173. The van der Waals surface area contributed by atoms with Gasteiger partial charge in [-0.15, -0.1) is 0 Å². The van der Waals surface area contributed by atoms with Gasteiger partial charge in [-0.2, -0.15) is 0 Å². The Balaban J connectivity index is 1.59. The highest BCUT2D eigenvalue weighted by Gasteiger charge is 2.65. The van der Waals surface area contributed by atoms with Crippen LogP contribution in [0.1, 0.15) is 91.9 Å². The molecule has 176 valence electrons. The van der Waals surface area contributed by atoms with Crippen LogP contribution < -0.4 is 0 Å². The van der Waals surface area contributed by atoms with E-state index >= 15 is 0 Å². The van der Waals surface area contributed by atoms with Crippen LogP contribution in [0, 0.1) is 52.3 Å². The number of hydrogen-bond donors (Lipinski definition) is 1. The van der Waals surface area contributed by atoms with E-state index in [-0.39, 0.29) is 34.7 Å². The van der Waals surface area contributed by atoms with Gasteiger partial charge in [0.2, 0.25) is 0 Å². The van der Waals surface area contributed by atoms with Gasteiger partial charge in [0.1, 0.15) is 5.78 Å². The molecule has 4 saturated carbocycles. The molecule has 0 saturated heterocycles. The SMILES string of the molecule is CC[C@@H]1C(=O)[C@@H]2[C@H](CC[C@]3(C)[C@@H]([C@H](C)CCC(=O)OC)CC[C@@H]23)[C@@]2(C)CC[C@@H](O)C[C@@H]12. The number of ketones is 1. The number of carbonyl (C=O) groups is 2. The van der Waals surface area contributed by atoms with Crippen LogP contribution in [0.2, 0.25) is 0 Å². The summed E-state index contributed by atoms with van der Waals surface area (Å²) in [6, 6.07) is 0. The summed E-state index contributed by atoms with van der Waals surface area (Å²) < 4.78 is 4.87. The molecule has 0 unspecified atom stereocenters. The minimum atomic E-state index is -0.225. The van der Waals surface area contributed by atoms with Gasteiger partial charge in [-0.25, -0.2) is 0 Å². The highest BCUT2D eigenvalue weighted by Crippen LogP contribution is 2.68. The first-order valence-electron chi connectivity index (χ1n) is 13.0. The van der Waals surface area contributed by atoms with E-state index in [1.807, 2.05) is 0 Å². The van der Waals surface area contributed by atoms with Crippen LogP contribution in [0.3, 0.4) is 0 Å². The summed E-state index contributed by atoms with van der Waals surface area (Å²) in [5.74, 6) is 3.16. The predicted octanol–water partition coefficient (Wildman–Crippen LogP) is 5.41. The van der Waals surface area contributed by atoms with Gasteiger partial charge in [0, 0.05) is 18.3 Å². The highest BCUT2D eigenvalue weighted by atomic mass is 16.5. The zero-order valence-electron chi connectivity index (χ0n) is 20.4. The quantitative estimate of drug-likeness (QED) is 0.590. The molecule has 0 radical (unpaired) electrons. The zero-order valence-corrected chi connectivity index (χ0v) is 20.4. The molecule has 4 aliphatic carbocycles. The lowest BCUT2D eigenvalue weighted by Crippen LogP contribution is -2.60. The van der Waals surface area contributed by atoms with Crippen molar-refractivity contribution in [1.29, 1.82) is 0 Å². The van der Waals surface area contributed by atoms with Crippen LogP contribution >= 0.6 is 0 Å². The number of aliphatic hydroxyl groups excluding tert-OH is 1. The number of rotatable bonds is 5. The molecule has 4 rings (SSSR count). The number of fused-ring (bicyclic) bond motifs is 5. The Kier molecular flexibility index (Phi) is 6.35. The first-order valence-corrected chi connectivity index (χ1v) is 13.0. The maximum atomic E-state index is 14.0. The van der Waals surface area contributed by atoms with Crippen molar-refractivity contribution in [2.24, 2.45) is 52.3 Å². The summed E-state index contributed by atoms with van der Waals surface area (Å²) in [4.78, 5) is 25.7. The molecule has 0 amide bonds. The highest BCUT2D eigenvalue weighted by molar-refractivity contribution is 5.86. The Labute approximate surface area is 188 Å². The van der Waals surface area contributed by atoms with E-state index in [9.17, 15) is 14.7 Å². The molecule has 4 aliphatic rings. The molecule has 1 N–H and O–H groups in total. The number of carbonyl (C=O) groups excluding carboxylic acids is 2. The first-order chi connectivity index (χ1) is 14.7. The van der Waals surface area contributed by atoms with Gasteiger partial charge in [-0.1, -0.05) is 27.7 Å². The van der Waals surface area contributed by atoms with Gasteiger partial charge in [0.15, 0.2) is 0 Å². The molecule has 4 heteroatoms. The van der Waals surface area contributed by atoms with E-state index in [0.29, 0.717) is 41.8 Å². The van der Waals surface area contributed by atoms with Crippen LogP contribution in [0.15, 0.2) is 0 Å². The third kappa shape index (κ3) is 3.60. The lowest BCUT2D eigenvalue weighted by Gasteiger charge is -2.62. The molecule has 31 heavy (non-hydrogen) atoms. The van der Waals surface area contributed by atoms with Crippen LogP contribution in [0.4, 0.5) is 0 Å². The largest absolute Gasteiger partial charge is 0.469 e. The summed E-state index contributed by atoms with van der Waals surface area (Å²) in [7, 11) is 1.47. The molecule has 4 nitrogen and oxygen atoms in total. The van der Waals surface area contributed by atoms with Gasteiger partial charge in [-0.3, -0.25) is 9.59 Å². The van der Waals surface area contributed by atoms with Crippen molar-refractivity contribution < 1.29 is 19.4 Å². The van der Waals surface area contributed by atoms with Crippen LogP contribution in [-0.2, 0) is 14.3 Å². The van der Waals surface area contributed by atoms with Gasteiger partial charge < -0.3 is 9.84 Å². The van der Waals surface area contributed by atoms with Gasteiger partial charge >= 0.3 is 5.97 Å². The fraction of sp³-hybridized carbons (Fsp3) is 0.926. The first kappa shape index (κ1) is 23.3. The molecule has 4 fully saturated rings. The minimum Gasteiger partial charge on any atom is -0.469 e. The molecular formula is C27H44O4. The third-order valence-electron chi connectivity index (χ3n) is 10.9. The van der Waals surface area contributed by atoms with Crippen molar-refractivity contribution in [3.8, 4) is 0 Å². The molecule has 0 aromatic heterocycles. The van der Waals surface area contributed by atoms with Crippen molar-refractivity contribution in [2.45, 2.75) is 98.0 Å². The van der Waals surface area contributed by atoms with Crippen molar-refractivity contribution >= 4 is 11.8 Å². The van der Waals surface area contributed by atoms with Crippen molar-refractivity contribution in [3.05, 3.63) is 0 Å². The number of Topliss-reactive ketones (excluding diaryl/α,β-unsaturated/α-hetero) is 1. The van der Waals surface area contributed by atoms with E-state index in [1.165, 1.54) is 20.0 Å². The Morgan fingerprint density at radius 1 is 1.10 bits per heavy atom. The molecular weight excluding hydrogens is 388 g/mol. The van der Waals surface area contributed by atoms with E-state index < -0.39 is 0 Å². The fourth-order valence-electron chi connectivity index (χ4n) is 9.26. The van der Waals surface area contributed by atoms with Crippen molar-refractivity contribution in [1.82, 2.24) is 0 Å². The van der Waals surface area contributed by atoms with Crippen LogP contribution in [0.25, 0.3) is 0 Å². The predicted molar refractivity (Wildman–Crippen MR) is 121 cm³/mol. The monoisotopic (exact) mass is 432 g/mol. The summed E-state index contributed by atoms with van der Waals surface area (Å²) in [5, 5.41) is 10.4. The molecule has 0 aromatic rings. The molecule has 0 spiro atoms. The second-order valence-electron chi connectivity index (χ2n) is 12.0. The number of ether oxygens (including phenoxy) is 1. The second kappa shape index (κ2) is 8.47. The van der Waals surface area contributed by atoms with E-state index in [4.69, 9.17) is 4.74 Å². The van der Waals surface area contributed by atoms with Gasteiger partial charge in [0.05, 0.1) is 13.2 Å². The lowest BCUT2D eigenvalue weighted by atomic mass is 9.42. The van der Waals surface area contributed by atoms with Crippen molar-refractivity contribution in [2.75, 3.05) is 7.11 Å². The molecule has 0 bridgehead atoms. The standard InChI is InChI=1S/C27H44O4/c1-6-18-22-15-17(28)11-13-27(22,4)21-12-14-26(3)19(16(2)7-10-23(29)31-5)8-9-20(26)24(21)25(18)30/h16-22,24,28H,6-15H2,1-5H3/t16-,17-,18+,19-,20+,21+,22+,24+,26-,27-/m1/s1. The minimum absolute atomic E-state index is 0.109. The summed E-state index contributed by atoms with van der Waals surface area (Å²) in [6.07, 6.45) is 9.59. The Morgan fingerprint density at radius 2 is 1.77 bits per heavy atom. The number of methoxy groups -OCH3 is 1. The third-order valence-corrected chi connectivity index (χ3v) is 10.9. The molecule has 0 aromatic carbocycles. The van der Waals surface area contributed by atoms with Gasteiger partial charge in [-0.05, 0) is 98.2 Å². The smallest absolute Gasteiger partial charge is 0.305 e. The number of aliphatic hydroxyl groups is 1. The molecule has 0 heterocycles. The van der Waals surface area contributed by atoms with E-state index in [2.05, 4.69) is 27.7 Å². The van der Waals surface area contributed by atoms with Crippen LogP contribution in [0.5, 0.6) is 0 Å². The zero-order chi connectivity index (χ0) is 22.6. The summed E-state index contributed by atoms with van der Waals surface area (Å²) in [5.41, 5.74) is 0.413. The maximum Gasteiger partial charge on any atom is 0.305 e. The Morgan fingerprint density at radius 3 is 2.45 bits per heavy atom.